The molecule has 0 spiro atoms. The Kier molecular flexibility index (Phi) is 3.80. The molecule has 78 valence electrons. The maximum absolute atomic E-state index is 9.68. The van der Waals surface area contributed by atoms with Gasteiger partial charge >= 0.3 is 0 Å². The van der Waals surface area contributed by atoms with Gasteiger partial charge in [0, 0.05) is 5.75 Å². The van der Waals surface area contributed by atoms with Crippen LogP contribution in [0.5, 0.6) is 5.75 Å². The van der Waals surface area contributed by atoms with Gasteiger partial charge in [-0.25, -0.2) is 0 Å². The van der Waals surface area contributed by atoms with Crippen LogP contribution in [0.2, 0.25) is 0 Å². The smallest absolute Gasteiger partial charge is 0.115 e. The number of rotatable bonds is 3. The maximum atomic E-state index is 9.68. The first-order valence-electron chi connectivity index (χ1n) is 4.32. The van der Waals surface area contributed by atoms with Gasteiger partial charge < -0.3 is 15.3 Å². The van der Waals surface area contributed by atoms with Crippen molar-refractivity contribution in [3.8, 4) is 5.75 Å². The highest BCUT2D eigenvalue weighted by atomic mass is 32.1. The number of thiol groups is 1. The molecule has 0 aliphatic rings. The van der Waals surface area contributed by atoms with Crippen molar-refractivity contribution in [3.05, 3.63) is 29.3 Å². The Morgan fingerprint density at radius 1 is 1.36 bits per heavy atom. The SMILES string of the molecule is Cc1ccc(O)cc1C(O)C(O)CS. The lowest BCUT2D eigenvalue weighted by Crippen LogP contribution is -2.20. The van der Waals surface area contributed by atoms with E-state index < -0.39 is 12.2 Å². The van der Waals surface area contributed by atoms with Gasteiger partial charge in [0.05, 0.1) is 6.10 Å². The molecule has 2 atom stereocenters. The Morgan fingerprint density at radius 2 is 2.00 bits per heavy atom. The summed E-state index contributed by atoms with van der Waals surface area (Å²) in [6, 6.07) is 4.68. The van der Waals surface area contributed by atoms with Crippen molar-refractivity contribution in [2.45, 2.75) is 19.1 Å². The van der Waals surface area contributed by atoms with Crippen molar-refractivity contribution in [2.24, 2.45) is 0 Å². The fourth-order valence-corrected chi connectivity index (χ4v) is 1.45. The molecule has 1 aromatic rings. The predicted molar refractivity (Wildman–Crippen MR) is 57.7 cm³/mol. The summed E-state index contributed by atoms with van der Waals surface area (Å²) in [6.45, 7) is 1.81. The van der Waals surface area contributed by atoms with Gasteiger partial charge in [0.25, 0.3) is 0 Å². The third-order valence-electron chi connectivity index (χ3n) is 2.13. The molecule has 0 radical (unpaired) electrons. The lowest BCUT2D eigenvalue weighted by Gasteiger charge is -2.18. The summed E-state index contributed by atoms with van der Waals surface area (Å²) < 4.78 is 0. The summed E-state index contributed by atoms with van der Waals surface area (Å²) in [6.07, 6.45) is -1.92. The Morgan fingerprint density at radius 3 is 2.57 bits per heavy atom. The number of benzene rings is 1. The zero-order chi connectivity index (χ0) is 10.7. The van der Waals surface area contributed by atoms with Gasteiger partial charge in [-0.3, -0.25) is 0 Å². The number of aryl methyl sites for hydroxylation is 1. The molecule has 2 unspecified atom stereocenters. The van der Waals surface area contributed by atoms with Gasteiger partial charge in [0.2, 0.25) is 0 Å². The van der Waals surface area contributed by atoms with Gasteiger partial charge in [-0.15, -0.1) is 0 Å². The summed E-state index contributed by atoms with van der Waals surface area (Å²) >= 11 is 3.89. The lowest BCUT2D eigenvalue weighted by molar-refractivity contribution is 0.0332. The van der Waals surface area contributed by atoms with Crippen LogP contribution in [-0.2, 0) is 0 Å². The standard InChI is InChI=1S/C10H14O3S/c1-6-2-3-7(11)4-8(6)10(13)9(12)5-14/h2-4,9-14H,5H2,1H3. The molecule has 1 aromatic carbocycles. The van der Waals surface area contributed by atoms with Crippen LogP contribution in [0.3, 0.4) is 0 Å². The highest BCUT2D eigenvalue weighted by Crippen LogP contribution is 2.25. The highest BCUT2D eigenvalue weighted by Gasteiger charge is 2.18. The second kappa shape index (κ2) is 4.68. The van der Waals surface area contributed by atoms with Crippen molar-refractivity contribution in [1.82, 2.24) is 0 Å². The molecule has 0 aliphatic heterocycles. The monoisotopic (exact) mass is 214 g/mol. The maximum Gasteiger partial charge on any atom is 0.115 e. The highest BCUT2D eigenvalue weighted by molar-refractivity contribution is 7.80. The summed E-state index contributed by atoms with van der Waals surface area (Å²) in [5.41, 5.74) is 1.36. The normalized spacial score (nSPS) is 15.1. The molecule has 3 nitrogen and oxygen atoms in total. The quantitative estimate of drug-likeness (QED) is 0.568. The summed E-state index contributed by atoms with van der Waals surface area (Å²) in [4.78, 5) is 0. The second-order valence-electron chi connectivity index (χ2n) is 3.24. The van der Waals surface area contributed by atoms with Gasteiger partial charge in [0.15, 0.2) is 0 Å². The van der Waals surface area contributed by atoms with E-state index in [0.29, 0.717) is 5.56 Å². The van der Waals surface area contributed by atoms with Crippen molar-refractivity contribution in [1.29, 1.82) is 0 Å². The first-order valence-corrected chi connectivity index (χ1v) is 4.96. The predicted octanol–water partition coefficient (Wildman–Crippen LogP) is 1.02. The van der Waals surface area contributed by atoms with E-state index in [1.165, 1.54) is 6.07 Å². The Hall–Kier alpha value is -0.710. The van der Waals surface area contributed by atoms with E-state index in [1.807, 2.05) is 6.92 Å². The van der Waals surface area contributed by atoms with Crippen molar-refractivity contribution < 1.29 is 15.3 Å². The molecular formula is C10H14O3S. The Bertz CT molecular complexity index is 314. The van der Waals surface area contributed by atoms with E-state index in [1.54, 1.807) is 12.1 Å². The molecular weight excluding hydrogens is 200 g/mol. The summed E-state index contributed by atoms with van der Waals surface area (Å²) in [7, 11) is 0. The van der Waals surface area contributed by atoms with Gasteiger partial charge in [-0.1, -0.05) is 6.07 Å². The van der Waals surface area contributed by atoms with Gasteiger partial charge in [-0.2, -0.15) is 12.6 Å². The molecule has 0 aromatic heterocycles. The topological polar surface area (TPSA) is 60.7 Å². The van der Waals surface area contributed by atoms with Gasteiger partial charge in [0.1, 0.15) is 11.9 Å². The molecule has 0 bridgehead atoms. The van der Waals surface area contributed by atoms with Crippen LogP contribution in [0.15, 0.2) is 18.2 Å². The molecule has 0 aliphatic carbocycles. The molecule has 0 heterocycles. The molecule has 14 heavy (non-hydrogen) atoms. The van der Waals surface area contributed by atoms with Crippen molar-refractivity contribution in [3.63, 3.8) is 0 Å². The van der Waals surface area contributed by atoms with E-state index in [0.717, 1.165) is 5.56 Å². The van der Waals surface area contributed by atoms with Crippen LogP contribution in [-0.4, -0.2) is 27.2 Å². The fraction of sp³-hybridized carbons (Fsp3) is 0.400. The van der Waals surface area contributed by atoms with Crippen molar-refractivity contribution in [2.75, 3.05) is 5.75 Å². The fourth-order valence-electron chi connectivity index (χ4n) is 1.25. The van der Waals surface area contributed by atoms with Gasteiger partial charge in [-0.05, 0) is 30.2 Å². The van der Waals surface area contributed by atoms with E-state index in [9.17, 15) is 15.3 Å². The number of aliphatic hydroxyl groups is 2. The number of aromatic hydroxyl groups is 1. The van der Waals surface area contributed by atoms with Crippen molar-refractivity contribution >= 4 is 12.6 Å². The average molecular weight is 214 g/mol. The molecule has 0 amide bonds. The number of phenols is 1. The lowest BCUT2D eigenvalue weighted by atomic mass is 10.00. The first-order chi connectivity index (χ1) is 6.56. The average Bonchev–Trinajstić information content (AvgIpc) is 2.19. The third-order valence-corrected chi connectivity index (χ3v) is 2.51. The minimum absolute atomic E-state index is 0.0796. The minimum Gasteiger partial charge on any atom is -0.508 e. The zero-order valence-corrected chi connectivity index (χ0v) is 8.78. The zero-order valence-electron chi connectivity index (χ0n) is 7.88. The van der Waals surface area contributed by atoms with E-state index in [2.05, 4.69) is 12.6 Å². The molecule has 1 rings (SSSR count). The van der Waals surface area contributed by atoms with Crippen LogP contribution >= 0.6 is 12.6 Å². The molecule has 0 saturated heterocycles. The second-order valence-corrected chi connectivity index (χ2v) is 3.60. The van der Waals surface area contributed by atoms with Crippen LogP contribution in [0.25, 0.3) is 0 Å². The summed E-state index contributed by atoms with van der Waals surface area (Å²) in [5.74, 6) is 0.256. The third kappa shape index (κ3) is 2.41. The Balaban J connectivity index is 2.99. The number of aliphatic hydroxyl groups excluding tert-OH is 2. The summed E-state index contributed by atoms with van der Waals surface area (Å²) in [5, 5.41) is 28.3. The number of hydrogen-bond acceptors (Lipinski definition) is 4. The van der Waals surface area contributed by atoms with E-state index in [4.69, 9.17) is 0 Å². The van der Waals surface area contributed by atoms with Crippen LogP contribution in [0.1, 0.15) is 17.2 Å². The van der Waals surface area contributed by atoms with Crippen LogP contribution < -0.4 is 0 Å². The van der Waals surface area contributed by atoms with Crippen LogP contribution in [0.4, 0.5) is 0 Å². The van der Waals surface area contributed by atoms with Crippen LogP contribution in [0, 0.1) is 6.92 Å². The Labute approximate surface area is 88.4 Å². The number of phenolic OH excluding ortho intramolecular Hbond substituents is 1. The molecule has 3 N–H and O–H groups in total. The number of hydrogen-bond donors (Lipinski definition) is 4. The largest absolute Gasteiger partial charge is 0.508 e. The molecule has 0 fully saturated rings. The first kappa shape index (κ1) is 11.4. The molecule has 4 heteroatoms. The van der Waals surface area contributed by atoms with E-state index in [-0.39, 0.29) is 11.5 Å². The minimum atomic E-state index is -1.00. The van der Waals surface area contributed by atoms with E-state index >= 15 is 0 Å². The molecule has 0 saturated carbocycles.